The molecule has 1 saturated heterocycles. The Bertz CT molecular complexity index is 835. The van der Waals surface area contributed by atoms with E-state index in [0.29, 0.717) is 41.7 Å². The number of hydrogen-bond acceptors (Lipinski definition) is 5. The predicted molar refractivity (Wildman–Crippen MR) is 93.0 cm³/mol. The van der Waals surface area contributed by atoms with E-state index in [2.05, 4.69) is 4.98 Å². The normalized spacial score (nSPS) is 17.6. The number of halogens is 3. The van der Waals surface area contributed by atoms with Crippen LogP contribution in [0.15, 0.2) is 24.4 Å². The molecular formula is C16H14Cl2FN3O3. The summed E-state index contributed by atoms with van der Waals surface area (Å²) >= 11 is 11.9. The number of benzene rings is 1. The van der Waals surface area contributed by atoms with E-state index >= 15 is 0 Å². The predicted octanol–water partition coefficient (Wildman–Crippen LogP) is 4.32. The summed E-state index contributed by atoms with van der Waals surface area (Å²) in [6.45, 7) is 3.01. The summed E-state index contributed by atoms with van der Waals surface area (Å²) < 4.78 is 19.5. The lowest BCUT2D eigenvalue weighted by molar-refractivity contribution is -0.385. The molecule has 0 amide bonds. The molecule has 1 aromatic heterocycles. The zero-order valence-electron chi connectivity index (χ0n) is 13.2. The summed E-state index contributed by atoms with van der Waals surface area (Å²) in [4.78, 5) is 16.5. The number of aryl methyl sites for hydroxylation is 1. The van der Waals surface area contributed by atoms with Crippen molar-refractivity contribution in [1.82, 2.24) is 4.98 Å². The van der Waals surface area contributed by atoms with Crippen LogP contribution in [-0.4, -0.2) is 29.6 Å². The largest absolute Gasteiger partial charge is 0.370 e. The van der Waals surface area contributed by atoms with Gasteiger partial charge in [0.25, 0.3) is 5.69 Å². The SMILES string of the molecule is Cc1cc(N2CCOC(c3cc(F)c(Cl)cc3Cl)C2)ncc1[N+](=O)[O-]. The van der Waals surface area contributed by atoms with Gasteiger partial charge in [0.15, 0.2) is 0 Å². The van der Waals surface area contributed by atoms with E-state index in [4.69, 9.17) is 27.9 Å². The van der Waals surface area contributed by atoms with Crippen LogP contribution in [0.3, 0.4) is 0 Å². The first-order valence-corrected chi connectivity index (χ1v) is 8.24. The minimum atomic E-state index is -0.564. The highest BCUT2D eigenvalue weighted by Gasteiger charge is 2.26. The lowest BCUT2D eigenvalue weighted by Gasteiger charge is -2.34. The molecule has 0 radical (unpaired) electrons. The number of pyridine rings is 1. The fraction of sp³-hybridized carbons (Fsp3) is 0.312. The molecule has 0 aliphatic carbocycles. The number of anilines is 1. The minimum absolute atomic E-state index is 0.0311. The van der Waals surface area contributed by atoms with Crippen LogP contribution in [-0.2, 0) is 4.74 Å². The zero-order valence-corrected chi connectivity index (χ0v) is 14.7. The first-order valence-electron chi connectivity index (χ1n) is 7.49. The van der Waals surface area contributed by atoms with E-state index in [-0.39, 0.29) is 10.7 Å². The van der Waals surface area contributed by atoms with Gasteiger partial charge in [-0.05, 0) is 25.1 Å². The van der Waals surface area contributed by atoms with Crippen LogP contribution >= 0.6 is 23.2 Å². The van der Waals surface area contributed by atoms with Crippen molar-refractivity contribution in [1.29, 1.82) is 0 Å². The van der Waals surface area contributed by atoms with Crippen LogP contribution < -0.4 is 4.90 Å². The van der Waals surface area contributed by atoms with Crippen molar-refractivity contribution in [3.05, 3.63) is 61.5 Å². The quantitative estimate of drug-likeness (QED) is 0.447. The summed E-state index contributed by atoms with van der Waals surface area (Å²) in [5.41, 5.74) is 0.997. The van der Waals surface area contributed by atoms with Crippen molar-refractivity contribution in [3.8, 4) is 0 Å². The average Bonchev–Trinajstić information content (AvgIpc) is 2.58. The van der Waals surface area contributed by atoms with Gasteiger partial charge in [-0.2, -0.15) is 0 Å². The maximum absolute atomic E-state index is 13.8. The molecule has 9 heteroatoms. The van der Waals surface area contributed by atoms with Crippen molar-refractivity contribution in [3.63, 3.8) is 0 Å². The van der Waals surface area contributed by atoms with Crippen LogP contribution in [0.1, 0.15) is 17.2 Å². The Morgan fingerprint density at radius 3 is 2.80 bits per heavy atom. The van der Waals surface area contributed by atoms with E-state index in [1.54, 1.807) is 13.0 Å². The molecule has 0 saturated carbocycles. The van der Waals surface area contributed by atoms with Gasteiger partial charge in [0.2, 0.25) is 0 Å². The molecule has 0 N–H and O–H groups in total. The molecule has 1 atom stereocenters. The van der Waals surface area contributed by atoms with Gasteiger partial charge >= 0.3 is 0 Å². The first kappa shape index (κ1) is 17.8. The Morgan fingerprint density at radius 2 is 2.12 bits per heavy atom. The highest BCUT2D eigenvalue weighted by Crippen LogP contribution is 2.33. The molecule has 3 rings (SSSR count). The lowest BCUT2D eigenvalue weighted by atomic mass is 10.1. The monoisotopic (exact) mass is 385 g/mol. The summed E-state index contributed by atoms with van der Waals surface area (Å²) in [5.74, 6) is 0.0352. The van der Waals surface area contributed by atoms with Gasteiger partial charge in [0.05, 0.1) is 16.6 Å². The third kappa shape index (κ3) is 3.68. The van der Waals surface area contributed by atoms with E-state index in [9.17, 15) is 14.5 Å². The van der Waals surface area contributed by atoms with Crippen molar-refractivity contribution in [2.24, 2.45) is 0 Å². The number of hydrogen-bond donors (Lipinski definition) is 0. The van der Waals surface area contributed by atoms with Gasteiger partial charge in [0.1, 0.15) is 23.9 Å². The molecule has 1 unspecified atom stereocenters. The molecule has 132 valence electrons. The van der Waals surface area contributed by atoms with Gasteiger partial charge < -0.3 is 9.64 Å². The lowest BCUT2D eigenvalue weighted by Crippen LogP contribution is -2.39. The second kappa shape index (κ2) is 7.11. The molecule has 2 heterocycles. The zero-order chi connectivity index (χ0) is 18.1. The summed E-state index contributed by atoms with van der Waals surface area (Å²) in [6, 6.07) is 4.28. The van der Waals surface area contributed by atoms with Crippen molar-refractivity contribution in [2.45, 2.75) is 13.0 Å². The van der Waals surface area contributed by atoms with E-state index in [1.807, 2.05) is 4.90 Å². The van der Waals surface area contributed by atoms with E-state index in [1.165, 1.54) is 18.3 Å². The second-order valence-corrected chi connectivity index (χ2v) is 6.49. The molecule has 1 aliphatic rings. The van der Waals surface area contributed by atoms with Gasteiger partial charge in [0, 0.05) is 29.2 Å². The average molecular weight is 386 g/mol. The Morgan fingerprint density at radius 1 is 1.36 bits per heavy atom. The van der Waals surface area contributed by atoms with Gasteiger partial charge in [-0.25, -0.2) is 9.37 Å². The number of nitrogens with zero attached hydrogens (tertiary/aromatic N) is 3. The van der Waals surface area contributed by atoms with Crippen molar-refractivity contribution in [2.75, 3.05) is 24.6 Å². The van der Waals surface area contributed by atoms with Crippen LogP contribution in [0.5, 0.6) is 0 Å². The molecule has 0 spiro atoms. The second-order valence-electron chi connectivity index (χ2n) is 5.68. The number of aromatic nitrogens is 1. The van der Waals surface area contributed by atoms with E-state index < -0.39 is 16.8 Å². The summed E-state index contributed by atoms with van der Waals surface area (Å²) in [7, 11) is 0. The first-order chi connectivity index (χ1) is 11.9. The van der Waals surface area contributed by atoms with Gasteiger partial charge in [-0.3, -0.25) is 10.1 Å². The van der Waals surface area contributed by atoms with E-state index in [0.717, 1.165) is 0 Å². The number of nitro groups is 1. The molecule has 6 nitrogen and oxygen atoms in total. The number of ether oxygens (including phenoxy) is 1. The maximum Gasteiger partial charge on any atom is 0.290 e. The molecule has 0 bridgehead atoms. The van der Waals surface area contributed by atoms with Gasteiger partial charge in [-0.1, -0.05) is 23.2 Å². The third-order valence-corrected chi connectivity index (χ3v) is 4.66. The Balaban J connectivity index is 1.85. The maximum atomic E-state index is 13.8. The van der Waals surface area contributed by atoms with Crippen LogP contribution in [0, 0.1) is 22.9 Å². The highest BCUT2D eigenvalue weighted by atomic mass is 35.5. The molecule has 1 fully saturated rings. The fourth-order valence-corrected chi connectivity index (χ4v) is 3.23. The molecule has 25 heavy (non-hydrogen) atoms. The Hall–Kier alpha value is -1.96. The van der Waals surface area contributed by atoms with Crippen LogP contribution in [0.4, 0.5) is 15.9 Å². The molecule has 2 aromatic rings. The number of morpholine rings is 1. The number of rotatable bonds is 3. The summed E-state index contributed by atoms with van der Waals surface area (Å²) in [6.07, 6.45) is 0.787. The summed E-state index contributed by atoms with van der Waals surface area (Å²) in [5, 5.41) is 11.2. The molecule has 1 aliphatic heterocycles. The molecular weight excluding hydrogens is 372 g/mol. The van der Waals surface area contributed by atoms with Crippen LogP contribution in [0.2, 0.25) is 10.0 Å². The standard InChI is InChI=1S/C16H14Cl2FN3O3/c1-9-4-16(20-7-14(9)22(23)24)21-2-3-25-15(8-21)10-5-13(19)12(18)6-11(10)17/h4-7,15H,2-3,8H2,1H3. The minimum Gasteiger partial charge on any atom is -0.370 e. The highest BCUT2D eigenvalue weighted by molar-refractivity contribution is 6.35. The topological polar surface area (TPSA) is 68.5 Å². The third-order valence-electron chi connectivity index (χ3n) is 4.04. The Kier molecular flexibility index (Phi) is 5.08. The van der Waals surface area contributed by atoms with Gasteiger partial charge in [-0.15, -0.1) is 0 Å². The van der Waals surface area contributed by atoms with Crippen molar-refractivity contribution < 1.29 is 14.1 Å². The van der Waals surface area contributed by atoms with Crippen LogP contribution in [0.25, 0.3) is 0 Å². The fourth-order valence-electron chi connectivity index (χ4n) is 2.73. The Labute approximate surface area is 153 Å². The molecule has 1 aromatic carbocycles. The van der Waals surface area contributed by atoms with Crippen molar-refractivity contribution >= 4 is 34.7 Å². The smallest absolute Gasteiger partial charge is 0.290 e.